The van der Waals surface area contributed by atoms with Crippen LogP contribution in [0.15, 0.2) is 42.5 Å². The van der Waals surface area contributed by atoms with E-state index in [0.29, 0.717) is 40.3 Å². The maximum Gasteiger partial charge on any atom is 0.316 e. The van der Waals surface area contributed by atoms with E-state index in [1.165, 1.54) is 4.90 Å². The second kappa shape index (κ2) is 8.47. The molecule has 4 fully saturated rings. The lowest BCUT2D eigenvalue weighted by atomic mass is 9.81. The van der Waals surface area contributed by atoms with E-state index in [0.717, 1.165) is 19.3 Å². The molecule has 6 rings (SSSR count). The van der Waals surface area contributed by atoms with E-state index in [-0.39, 0.29) is 42.5 Å². The summed E-state index contributed by atoms with van der Waals surface area (Å²) in [7, 11) is 1.56. The molecule has 36 heavy (non-hydrogen) atoms. The maximum absolute atomic E-state index is 13.2. The number of benzene rings is 2. The van der Waals surface area contributed by atoms with Crippen molar-refractivity contribution in [3.05, 3.63) is 48.0 Å². The molecule has 0 radical (unpaired) electrons. The van der Waals surface area contributed by atoms with Gasteiger partial charge in [-0.05, 0) is 73.9 Å². The van der Waals surface area contributed by atoms with Crippen LogP contribution in [0, 0.1) is 36.5 Å². The summed E-state index contributed by atoms with van der Waals surface area (Å²) >= 11 is 0. The smallest absolute Gasteiger partial charge is 0.316 e. The van der Waals surface area contributed by atoms with Crippen molar-refractivity contribution in [3.8, 4) is 11.5 Å². The number of hydrogen-bond donors (Lipinski definition) is 0. The quantitative estimate of drug-likeness (QED) is 0.363. The highest BCUT2D eigenvalue weighted by atomic mass is 16.5. The van der Waals surface area contributed by atoms with Crippen molar-refractivity contribution < 1.29 is 28.7 Å². The van der Waals surface area contributed by atoms with E-state index in [1.807, 2.05) is 0 Å². The summed E-state index contributed by atoms with van der Waals surface area (Å²) in [6.07, 6.45) is 3.12. The van der Waals surface area contributed by atoms with E-state index in [1.54, 1.807) is 61.4 Å². The molecule has 2 aliphatic heterocycles. The molecule has 0 spiro atoms. The molecule has 186 valence electrons. The second-order valence-electron chi connectivity index (χ2n) is 10.4. The van der Waals surface area contributed by atoms with Crippen molar-refractivity contribution in [2.24, 2.45) is 29.6 Å². The number of esters is 1. The zero-order chi connectivity index (χ0) is 25.1. The minimum absolute atomic E-state index is 0.0645. The van der Waals surface area contributed by atoms with Gasteiger partial charge in [0, 0.05) is 24.7 Å². The Kier molecular flexibility index (Phi) is 5.35. The Bertz CT molecular complexity index is 1260. The number of carbonyl (C=O) groups is 4. The first-order chi connectivity index (χ1) is 17.4. The number of nitrogens with zero attached hydrogens (tertiary/aromatic N) is 2. The van der Waals surface area contributed by atoms with Gasteiger partial charge in [-0.3, -0.25) is 19.2 Å². The Balaban J connectivity index is 1.15. The van der Waals surface area contributed by atoms with Gasteiger partial charge in [-0.15, -0.1) is 0 Å². The molecule has 0 aromatic heterocycles. The molecular formula is C28H28N2O6. The average molecular weight is 489 g/mol. The molecule has 4 aliphatic rings. The first kappa shape index (κ1) is 22.8. The Hall–Kier alpha value is -3.68. The summed E-state index contributed by atoms with van der Waals surface area (Å²) in [6, 6.07) is 12.1. The topological polar surface area (TPSA) is 93.2 Å². The van der Waals surface area contributed by atoms with Crippen LogP contribution < -0.4 is 19.3 Å². The summed E-state index contributed by atoms with van der Waals surface area (Å²) in [5.41, 5.74) is 1.92. The van der Waals surface area contributed by atoms with Crippen molar-refractivity contribution in [2.75, 3.05) is 23.5 Å². The van der Waals surface area contributed by atoms with Crippen LogP contribution in [-0.2, 0) is 19.2 Å². The lowest BCUT2D eigenvalue weighted by molar-refractivity contribution is -0.139. The van der Waals surface area contributed by atoms with Crippen LogP contribution >= 0.6 is 0 Å². The number of hydrogen-bond acceptors (Lipinski definition) is 6. The number of amides is 3. The molecule has 2 aromatic rings. The van der Waals surface area contributed by atoms with E-state index >= 15 is 0 Å². The fraction of sp³-hybridized carbons (Fsp3) is 0.429. The largest absolute Gasteiger partial charge is 0.497 e. The second-order valence-corrected chi connectivity index (χ2v) is 10.4. The molecule has 0 N–H and O–H groups in total. The van der Waals surface area contributed by atoms with Gasteiger partial charge < -0.3 is 14.4 Å². The van der Waals surface area contributed by atoms with Crippen molar-refractivity contribution in [1.82, 2.24) is 0 Å². The minimum atomic E-state index is -0.597. The van der Waals surface area contributed by atoms with Gasteiger partial charge in [0.05, 0.1) is 30.6 Å². The third kappa shape index (κ3) is 3.50. The summed E-state index contributed by atoms with van der Waals surface area (Å²) in [6.45, 7) is 2.03. The SMILES string of the molecule is COc1cccc(N2C[C@H](C(=O)Oc3ccc(N4C(=O)[C@H]5[C@@H]6CC[C@@H](C6)[C@@H]5C4=O)c(C)c3)CC2=O)c1. The van der Waals surface area contributed by atoms with E-state index in [2.05, 4.69) is 0 Å². The number of fused-ring (bicyclic) bond motifs is 5. The highest BCUT2D eigenvalue weighted by Crippen LogP contribution is 2.56. The zero-order valence-electron chi connectivity index (χ0n) is 20.3. The monoisotopic (exact) mass is 488 g/mol. The van der Waals surface area contributed by atoms with Crippen molar-refractivity contribution in [1.29, 1.82) is 0 Å². The van der Waals surface area contributed by atoms with Crippen LogP contribution in [0.5, 0.6) is 11.5 Å². The average Bonchev–Trinajstić information content (AvgIpc) is 3.63. The predicted molar refractivity (Wildman–Crippen MR) is 131 cm³/mol. The molecule has 2 aromatic carbocycles. The summed E-state index contributed by atoms with van der Waals surface area (Å²) in [5, 5.41) is 0. The highest BCUT2D eigenvalue weighted by Gasteiger charge is 2.61. The third-order valence-corrected chi connectivity index (χ3v) is 8.38. The molecular weight excluding hydrogens is 460 g/mol. The van der Waals surface area contributed by atoms with Gasteiger partial charge in [0.15, 0.2) is 0 Å². The minimum Gasteiger partial charge on any atom is -0.497 e. The van der Waals surface area contributed by atoms with Gasteiger partial charge in [-0.2, -0.15) is 0 Å². The molecule has 0 unspecified atom stereocenters. The van der Waals surface area contributed by atoms with Gasteiger partial charge in [0.25, 0.3) is 0 Å². The molecule has 2 saturated heterocycles. The molecule has 8 heteroatoms. The van der Waals surface area contributed by atoms with Crippen LogP contribution in [0.3, 0.4) is 0 Å². The Morgan fingerprint density at radius 3 is 2.33 bits per heavy atom. The van der Waals surface area contributed by atoms with E-state index in [9.17, 15) is 19.2 Å². The van der Waals surface area contributed by atoms with Gasteiger partial charge in [0.2, 0.25) is 17.7 Å². The Labute approximate surface area is 209 Å². The molecule has 5 atom stereocenters. The van der Waals surface area contributed by atoms with Crippen LogP contribution in [0.1, 0.15) is 31.2 Å². The Morgan fingerprint density at radius 1 is 0.944 bits per heavy atom. The molecule has 2 saturated carbocycles. The lowest BCUT2D eigenvalue weighted by Gasteiger charge is -2.20. The number of imide groups is 1. The summed E-state index contributed by atoms with van der Waals surface area (Å²) in [4.78, 5) is 54.7. The first-order valence-electron chi connectivity index (χ1n) is 12.5. The van der Waals surface area contributed by atoms with Crippen LogP contribution in [0.25, 0.3) is 0 Å². The van der Waals surface area contributed by atoms with Crippen molar-refractivity contribution in [3.63, 3.8) is 0 Å². The van der Waals surface area contributed by atoms with E-state index in [4.69, 9.17) is 9.47 Å². The molecule has 2 heterocycles. The summed E-state index contributed by atoms with van der Waals surface area (Å²) < 4.78 is 10.8. The van der Waals surface area contributed by atoms with Gasteiger partial charge in [-0.1, -0.05) is 6.07 Å². The van der Waals surface area contributed by atoms with Crippen molar-refractivity contribution >= 4 is 35.1 Å². The molecule has 3 amide bonds. The number of carbonyl (C=O) groups excluding carboxylic acids is 4. The third-order valence-electron chi connectivity index (χ3n) is 8.38. The summed E-state index contributed by atoms with van der Waals surface area (Å²) in [5.74, 6) is -0.162. The molecule has 8 nitrogen and oxygen atoms in total. The first-order valence-corrected chi connectivity index (χ1v) is 12.5. The normalized spacial score (nSPS) is 28.7. The molecule has 2 aliphatic carbocycles. The van der Waals surface area contributed by atoms with Gasteiger partial charge in [-0.25, -0.2) is 4.90 Å². The highest BCUT2D eigenvalue weighted by molar-refractivity contribution is 6.23. The standard InChI is InChI=1S/C28H28N2O6/c1-15-10-21(8-9-22(15)30-26(32)24-16-6-7-17(11-16)25(24)27(30)33)36-28(34)18-12-23(31)29(14-18)19-4-3-5-20(13-19)35-2/h3-5,8-10,13,16-18,24-25H,6-7,11-12,14H2,1-2H3/t16-,17+,18-,24+,25+/m1/s1. The van der Waals surface area contributed by atoms with Gasteiger partial charge >= 0.3 is 5.97 Å². The predicted octanol–water partition coefficient (Wildman–Crippen LogP) is 3.50. The number of methoxy groups -OCH3 is 1. The van der Waals surface area contributed by atoms with Crippen LogP contribution in [-0.4, -0.2) is 37.3 Å². The van der Waals surface area contributed by atoms with Crippen molar-refractivity contribution in [2.45, 2.75) is 32.6 Å². The van der Waals surface area contributed by atoms with Crippen LogP contribution in [0.2, 0.25) is 0 Å². The fourth-order valence-electron chi connectivity index (χ4n) is 6.68. The number of anilines is 2. The fourth-order valence-corrected chi connectivity index (χ4v) is 6.68. The Morgan fingerprint density at radius 2 is 1.67 bits per heavy atom. The number of rotatable bonds is 5. The lowest BCUT2D eigenvalue weighted by Crippen LogP contribution is -2.33. The van der Waals surface area contributed by atoms with Gasteiger partial charge in [0.1, 0.15) is 11.5 Å². The molecule has 2 bridgehead atoms. The van der Waals surface area contributed by atoms with E-state index < -0.39 is 11.9 Å². The van der Waals surface area contributed by atoms with Crippen LogP contribution in [0.4, 0.5) is 11.4 Å². The number of ether oxygens (including phenoxy) is 2. The number of aryl methyl sites for hydroxylation is 1. The maximum atomic E-state index is 13.2. The zero-order valence-corrected chi connectivity index (χ0v) is 20.3.